The van der Waals surface area contributed by atoms with Gasteiger partial charge in [-0.15, -0.1) is 0 Å². The lowest BCUT2D eigenvalue weighted by Gasteiger charge is -2.23. The highest BCUT2D eigenvalue weighted by Gasteiger charge is 2.15. The molecule has 2 N–H and O–H groups in total. The average molecular weight is 306 g/mol. The predicted octanol–water partition coefficient (Wildman–Crippen LogP) is 1.09. The highest BCUT2D eigenvalue weighted by Crippen LogP contribution is 2.18. The molecule has 0 atom stereocenters. The Labute approximate surface area is 130 Å². The number of piperidine rings is 1. The van der Waals surface area contributed by atoms with Gasteiger partial charge in [0.2, 0.25) is 0 Å². The Morgan fingerprint density at radius 1 is 1.32 bits per heavy atom. The third kappa shape index (κ3) is 4.53. The number of hydrogen-bond acceptors (Lipinski definition) is 3. The molecule has 0 unspecified atom stereocenters. The van der Waals surface area contributed by atoms with Gasteiger partial charge in [-0.1, -0.05) is 0 Å². The number of likely N-dealkylation sites (tertiary alicyclic amines) is 1. The van der Waals surface area contributed by atoms with Crippen molar-refractivity contribution >= 4 is 11.6 Å². The van der Waals surface area contributed by atoms with Crippen molar-refractivity contribution in [3.05, 3.63) is 39.4 Å². The summed E-state index contributed by atoms with van der Waals surface area (Å²) in [5.41, 5.74) is 1.04. The number of nitrogens with one attached hydrogen (secondary N) is 2. The minimum absolute atomic E-state index is 0.0465. The summed E-state index contributed by atoms with van der Waals surface area (Å²) in [6.45, 7) is 5.89. The zero-order chi connectivity index (χ0) is 15.9. The molecule has 0 spiro atoms. The molecular formula is C16H24N3O3+. The van der Waals surface area contributed by atoms with Gasteiger partial charge in [0.15, 0.2) is 0 Å². The second-order valence-electron chi connectivity index (χ2n) is 5.93. The molecule has 6 heteroatoms. The monoisotopic (exact) mass is 306 g/mol. The summed E-state index contributed by atoms with van der Waals surface area (Å²) in [6, 6.07) is 4.47. The molecule has 0 bridgehead atoms. The van der Waals surface area contributed by atoms with E-state index < -0.39 is 4.92 Å². The zero-order valence-electron chi connectivity index (χ0n) is 13.1. The van der Waals surface area contributed by atoms with Crippen molar-refractivity contribution in [2.75, 3.05) is 26.2 Å². The number of amides is 1. The van der Waals surface area contributed by atoms with Crippen LogP contribution in [0.3, 0.4) is 0 Å². The number of nitro groups is 1. The van der Waals surface area contributed by atoms with E-state index in [1.165, 1.54) is 44.5 Å². The molecule has 1 amide bonds. The van der Waals surface area contributed by atoms with E-state index in [4.69, 9.17) is 0 Å². The quantitative estimate of drug-likeness (QED) is 0.469. The van der Waals surface area contributed by atoms with E-state index >= 15 is 0 Å². The molecular weight excluding hydrogens is 282 g/mol. The van der Waals surface area contributed by atoms with Crippen molar-refractivity contribution in [2.45, 2.75) is 32.6 Å². The molecule has 1 saturated heterocycles. The van der Waals surface area contributed by atoms with Crippen LogP contribution in [0.1, 0.15) is 41.6 Å². The van der Waals surface area contributed by atoms with Crippen LogP contribution in [0.25, 0.3) is 0 Å². The third-order valence-electron chi connectivity index (χ3n) is 4.21. The first-order chi connectivity index (χ1) is 10.6. The van der Waals surface area contributed by atoms with E-state index in [9.17, 15) is 14.9 Å². The number of aryl methyl sites for hydroxylation is 1. The Morgan fingerprint density at radius 2 is 2.05 bits per heavy atom. The molecule has 1 fully saturated rings. The van der Waals surface area contributed by atoms with Crippen LogP contribution in [0.5, 0.6) is 0 Å². The molecule has 1 aromatic rings. The van der Waals surface area contributed by atoms with Gasteiger partial charge < -0.3 is 10.2 Å². The fraction of sp³-hybridized carbons (Fsp3) is 0.562. The molecule has 120 valence electrons. The number of carbonyl (C=O) groups is 1. The molecule has 0 aliphatic carbocycles. The van der Waals surface area contributed by atoms with E-state index in [0.717, 1.165) is 13.0 Å². The van der Waals surface area contributed by atoms with Crippen LogP contribution in [0.15, 0.2) is 18.2 Å². The number of rotatable bonds is 6. The van der Waals surface area contributed by atoms with Gasteiger partial charge in [-0.25, -0.2) is 0 Å². The summed E-state index contributed by atoms with van der Waals surface area (Å²) in [5.74, 6) is -0.161. The molecule has 0 saturated carbocycles. The van der Waals surface area contributed by atoms with Crippen LogP contribution in [0, 0.1) is 17.0 Å². The van der Waals surface area contributed by atoms with Crippen molar-refractivity contribution in [3.63, 3.8) is 0 Å². The summed E-state index contributed by atoms with van der Waals surface area (Å²) in [5, 5.41) is 13.7. The van der Waals surface area contributed by atoms with E-state index in [1.54, 1.807) is 17.9 Å². The van der Waals surface area contributed by atoms with Gasteiger partial charge in [0.05, 0.1) is 24.6 Å². The standard InChI is InChI=1S/C16H23N3O3/c1-13-12-14(6-7-15(13)19(21)22)16(20)17-8-5-11-18-9-3-2-4-10-18/h6-7,12H,2-5,8-11H2,1H3,(H,17,20)/p+1. The molecule has 1 heterocycles. The van der Waals surface area contributed by atoms with Gasteiger partial charge >= 0.3 is 0 Å². The SMILES string of the molecule is Cc1cc(C(=O)NCCC[NH+]2CCCCC2)ccc1[N+](=O)[O-]. The number of nitro benzene ring substituents is 1. The molecule has 22 heavy (non-hydrogen) atoms. The number of benzene rings is 1. The first kappa shape index (κ1) is 16.4. The summed E-state index contributed by atoms with van der Waals surface area (Å²) < 4.78 is 0. The van der Waals surface area contributed by atoms with E-state index in [2.05, 4.69) is 5.32 Å². The maximum absolute atomic E-state index is 12.0. The zero-order valence-corrected chi connectivity index (χ0v) is 13.1. The lowest BCUT2D eigenvalue weighted by Crippen LogP contribution is -3.12. The maximum Gasteiger partial charge on any atom is 0.272 e. The Morgan fingerprint density at radius 3 is 2.68 bits per heavy atom. The van der Waals surface area contributed by atoms with Gasteiger partial charge in [0, 0.05) is 30.2 Å². The topological polar surface area (TPSA) is 76.7 Å². The lowest BCUT2D eigenvalue weighted by atomic mass is 10.1. The number of hydrogen-bond donors (Lipinski definition) is 2. The van der Waals surface area contributed by atoms with Gasteiger partial charge in [0.25, 0.3) is 11.6 Å². The molecule has 1 aliphatic heterocycles. The van der Waals surface area contributed by atoms with E-state index in [1.807, 2.05) is 0 Å². The van der Waals surface area contributed by atoms with Crippen molar-refractivity contribution in [1.29, 1.82) is 0 Å². The number of quaternary nitrogens is 1. The summed E-state index contributed by atoms with van der Waals surface area (Å²) in [6.07, 6.45) is 4.93. The van der Waals surface area contributed by atoms with Crippen LogP contribution in [-0.4, -0.2) is 37.0 Å². The molecule has 0 aromatic heterocycles. The Kier molecular flexibility index (Phi) is 5.89. The molecule has 2 rings (SSSR count). The summed E-state index contributed by atoms with van der Waals surface area (Å²) in [4.78, 5) is 24.0. The largest absolute Gasteiger partial charge is 0.352 e. The van der Waals surface area contributed by atoms with Crippen LogP contribution in [0.2, 0.25) is 0 Å². The van der Waals surface area contributed by atoms with Gasteiger partial charge in [0.1, 0.15) is 0 Å². The smallest absolute Gasteiger partial charge is 0.272 e. The minimum Gasteiger partial charge on any atom is -0.352 e. The van der Waals surface area contributed by atoms with Gasteiger partial charge in [-0.2, -0.15) is 0 Å². The molecule has 1 aromatic carbocycles. The van der Waals surface area contributed by atoms with Crippen LogP contribution in [-0.2, 0) is 0 Å². The van der Waals surface area contributed by atoms with Crippen LogP contribution < -0.4 is 10.2 Å². The Hall–Kier alpha value is -1.95. The minimum atomic E-state index is -0.432. The Balaban J connectivity index is 1.77. The van der Waals surface area contributed by atoms with E-state index in [-0.39, 0.29) is 11.6 Å². The van der Waals surface area contributed by atoms with Crippen molar-refractivity contribution in [1.82, 2.24) is 5.32 Å². The fourth-order valence-electron chi connectivity index (χ4n) is 2.95. The highest BCUT2D eigenvalue weighted by molar-refractivity contribution is 5.94. The van der Waals surface area contributed by atoms with Crippen LogP contribution in [0.4, 0.5) is 5.69 Å². The number of carbonyl (C=O) groups excluding carboxylic acids is 1. The first-order valence-electron chi connectivity index (χ1n) is 7.95. The van der Waals surface area contributed by atoms with Crippen molar-refractivity contribution in [2.24, 2.45) is 0 Å². The second kappa shape index (κ2) is 7.89. The van der Waals surface area contributed by atoms with E-state index in [0.29, 0.717) is 17.7 Å². The lowest BCUT2D eigenvalue weighted by molar-refractivity contribution is -0.904. The maximum atomic E-state index is 12.0. The number of nitrogens with zero attached hydrogens (tertiary/aromatic N) is 1. The van der Waals surface area contributed by atoms with Gasteiger partial charge in [-0.05, 0) is 38.3 Å². The molecule has 6 nitrogen and oxygen atoms in total. The molecule has 0 radical (unpaired) electrons. The highest BCUT2D eigenvalue weighted by atomic mass is 16.6. The van der Waals surface area contributed by atoms with Crippen molar-refractivity contribution in [3.8, 4) is 0 Å². The molecule has 1 aliphatic rings. The second-order valence-corrected chi connectivity index (χ2v) is 5.93. The summed E-state index contributed by atoms with van der Waals surface area (Å²) >= 11 is 0. The fourth-order valence-corrected chi connectivity index (χ4v) is 2.95. The predicted molar refractivity (Wildman–Crippen MR) is 84.2 cm³/mol. The Bertz CT molecular complexity index is 539. The van der Waals surface area contributed by atoms with Crippen LogP contribution >= 0.6 is 0 Å². The average Bonchev–Trinajstić information content (AvgIpc) is 2.52. The summed E-state index contributed by atoms with van der Waals surface area (Å²) in [7, 11) is 0. The first-order valence-corrected chi connectivity index (χ1v) is 7.95. The third-order valence-corrected chi connectivity index (χ3v) is 4.21. The normalized spacial score (nSPS) is 15.5. The van der Waals surface area contributed by atoms with Crippen molar-refractivity contribution < 1.29 is 14.6 Å². The van der Waals surface area contributed by atoms with Gasteiger partial charge in [-0.3, -0.25) is 14.9 Å².